The monoisotopic (exact) mass is 396 g/mol. The predicted octanol–water partition coefficient (Wildman–Crippen LogP) is 5.04. The second-order valence-electron chi connectivity index (χ2n) is 6.09. The van der Waals surface area contributed by atoms with E-state index in [1.165, 1.54) is 12.1 Å². The van der Waals surface area contributed by atoms with E-state index in [4.69, 9.17) is 17.0 Å². The van der Waals surface area contributed by atoms with Crippen LogP contribution in [0.15, 0.2) is 54.6 Å². The Kier molecular flexibility index (Phi) is 7.47. The van der Waals surface area contributed by atoms with Gasteiger partial charge in [-0.15, -0.1) is 0 Å². The number of rotatable bonds is 7. The van der Waals surface area contributed by atoms with Crippen LogP contribution in [0.2, 0.25) is 0 Å². The van der Waals surface area contributed by atoms with Gasteiger partial charge in [-0.1, -0.05) is 30.3 Å². The minimum atomic E-state index is -4.36. The summed E-state index contributed by atoms with van der Waals surface area (Å²) >= 11 is 5.29. The van der Waals surface area contributed by atoms with Crippen molar-refractivity contribution in [3.8, 4) is 5.75 Å². The summed E-state index contributed by atoms with van der Waals surface area (Å²) in [7, 11) is 1.89. The van der Waals surface area contributed by atoms with Gasteiger partial charge in [0.1, 0.15) is 11.9 Å². The fraction of sp³-hybridized carbons (Fsp3) is 0.350. The van der Waals surface area contributed by atoms with Gasteiger partial charge in [-0.2, -0.15) is 13.2 Å². The summed E-state index contributed by atoms with van der Waals surface area (Å²) in [5.74, 6) is 0.397. The Balaban J connectivity index is 2.10. The quantitative estimate of drug-likeness (QED) is 0.663. The number of alkyl halides is 3. The highest BCUT2D eigenvalue weighted by atomic mass is 32.1. The van der Waals surface area contributed by atoms with Gasteiger partial charge in [-0.3, -0.25) is 0 Å². The third-order valence-corrected chi connectivity index (χ3v) is 4.49. The lowest BCUT2D eigenvalue weighted by Crippen LogP contribution is -2.38. The van der Waals surface area contributed by atoms with Gasteiger partial charge in [0.05, 0.1) is 5.56 Å². The summed E-state index contributed by atoms with van der Waals surface area (Å²) in [6, 6.07) is 14.4. The average Bonchev–Trinajstić information content (AvgIpc) is 2.65. The van der Waals surface area contributed by atoms with Gasteiger partial charge in [-0.25, -0.2) is 0 Å². The van der Waals surface area contributed by atoms with E-state index >= 15 is 0 Å². The molecule has 0 spiro atoms. The molecule has 0 heterocycles. The number of thiocarbonyl (C=S) groups is 1. The minimum Gasteiger partial charge on any atom is -0.486 e. The van der Waals surface area contributed by atoms with Crippen LogP contribution in [-0.4, -0.2) is 30.1 Å². The molecule has 0 aliphatic carbocycles. The summed E-state index contributed by atoms with van der Waals surface area (Å²) in [5, 5.41) is 3.74. The lowest BCUT2D eigenvalue weighted by Gasteiger charge is -2.25. The predicted molar refractivity (Wildman–Crippen MR) is 105 cm³/mol. The molecule has 0 aliphatic heterocycles. The molecule has 0 bridgehead atoms. The van der Waals surface area contributed by atoms with E-state index in [9.17, 15) is 13.2 Å². The Labute approximate surface area is 163 Å². The SMILES string of the molecule is CCNC(=S)N(C)CCC(Oc1ccc(C(F)(F)F)cc1)c1ccccc1. The number of halogens is 3. The Hall–Kier alpha value is -2.28. The second-order valence-corrected chi connectivity index (χ2v) is 6.47. The van der Waals surface area contributed by atoms with Gasteiger partial charge in [0, 0.05) is 26.6 Å². The molecule has 0 aliphatic rings. The topological polar surface area (TPSA) is 24.5 Å². The molecule has 2 aromatic carbocycles. The van der Waals surface area contributed by atoms with E-state index in [1.54, 1.807) is 0 Å². The van der Waals surface area contributed by atoms with Crippen LogP contribution in [0.25, 0.3) is 0 Å². The molecule has 1 atom stereocenters. The number of hydrogen-bond donors (Lipinski definition) is 1. The Bertz CT molecular complexity index is 720. The van der Waals surface area contributed by atoms with Crippen molar-refractivity contribution < 1.29 is 17.9 Å². The van der Waals surface area contributed by atoms with Gasteiger partial charge in [0.15, 0.2) is 5.11 Å². The zero-order valence-corrected chi connectivity index (χ0v) is 16.1. The van der Waals surface area contributed by atoms with Crippen LogP contribution in [0.3, 0.4) is 0 Å². The maximum Gasteiger partial charge on any atom is 0.416 e. The summed E-state index contributed by atoms with van der Waals surface area (Å²) in [6.45, 7) is 3.36. The highest BCUT2D eigenvalue weighted by Gasteiger charge is 2.30. The number of nitrogens with zero attached hydrogens (tertiary/aromatic N) is 1. The van der Waals surface area contributed by atoms with E-state index < -0.39 is 11.7 Å². The van der Waals surface area contributed by atoms with Crippen molar-refractivity contribution in [2.45, 2.75) is 25.6 Å². The van der Waals surface area contributed by atoms with Crippen molar-refractivity contribution in [1.82, 2.24) is 10.2 Å². The van der Waals surface area contributed by atoms with Crippen LogP contribution in [0.5, 0.6) is 5.75 Å². The van der Waals surface area contributed by atoms with Crippen molar-refractivity contribution in [3.05, 3.63) is 65.7 Å². The highest BCUT2D eigenvalue weighted by Crippen LogP contribution is 2.32. The highest BCUT2D eigenvalue weighted by molar-refractivity contribution is 7.80. The molecule has 0 fully saturated rings. The Morgan fingerprint density at radius 1 is 1.11 bits per heavy atom. The first kappa shape index (κ1) is 21.0. The summed E-state index contributed by atoms with van der Waals surface area (Å²) in [5.41, 5.74) is 0.266. The van der Waals surface area contributed by atoms with Gasteiger partial charge in [0.2, 0.25) is 0 Å². The Morgan fingerprint density at radius 2 is 1.74 bits per heavy atom. The molecule has 2 aromatic rings. The molecule has 27 heavy (non-hydrogen) atoms. The number of nitrogens with one attached hydrogen (secondary N) is 1. The number of ether oxygens (including phenoxy) is 1. The maximum atomic E-state index is 12.7. The van der Waals surface area contributed by atoms with Gasteiger partial charge < -0.3 is 15.0 Å². The molecule has 0 saturated carbocycles. The zero-order chi connectivity index (χ0) is 19.9. The van der Waals surface area contributed by atoms with E-state index in [0.717, 1.165) is 24.2 Å². The van der Waals surface area contributed by atoms with Gasteiger partial charge in [0.25, 0.3) is 0 Å². The van der Waals surface area contributed by atoms with Crippen LogP contribution >= 0.6 is 12.2 Å². The van der Waals surface area contributed by atoms with E-state index in [2.05, 4.69) is 5.32 Å². The van der Waals surface area contributed by atoms with Crippen LogP contribution in [0.1, 0.15) is 30.6 Å². The Morgan fingerprint density at radius 3 is 2.30 bits per heavy atom. The first-order chi connectivity index (χ1) is 12.8. The fourth-order valence-corrected chi connectivity index (χ4v) is 2.78. The second kappa shape index (κ2) is 9.60. The van der Waals surface area contributed by atoms with Crippen molar-refractivity contribution in [1.29, 1.82) is 0 Å². The summed E-state index contributed by atoms with van der Waals surface area (Å²) in [6.07, 6.45) is -4.02. The van der Waals surface area contributed by atoms with Crippen LogP contribution < -0.4 is 10.1 Å². The molecule has 0 radical (unpaired) electrons. The first-order valence-corrected chi connectivity index (χ1v) is 9.10. The molecule has 0 aromatic heterocycles. The molecule has 1 N–H and O–H groups in total. The van der Waals surface area contributed by atoms with E-state index in [0.29, 0.717) is 23.8 Å². The van der Waals surface area contributed by atoms with Crippen molar-refractivity contribution in [3.63, 3.8) is 0 Å². The molecule has 1 unspecified atom stereocenters. The smallest absolute Gasteiger partial charge is 0.416 e. The third kappa shape index (κ3) is 6.43. The molecular formula is C20H23F3N2OS. The molecule has 0 amide bonds. The first-order valence-electron chi connectivity index (χ1n) is 8.69. The molecule has 0 saturated heterocycles. The zero-order valence-electron chi connectivity index (χ0n) is 15.3. The maximum absolute atomic E-state index is 12.7. The standard InChI is InChI=1S/C20H23F3N2OS/c1-3-24-19(27)25(2)14-13-18(15-7-5-4-6-8-15)26-17-11-9-16(10-12-17)20(21,22)23/h4-12,18H,3,13-14H2,1-2H3,(H,24,27). The molecular weight excluding hydrogens is 373 g/mol. The normalized spacial score (nSPS) is 12.3. The fourth-order valence-electron chi connectivity index (χ4n) is 2.55. The van der Waals surface area contributed by atoms with Crippen LogP contribution in [0.4, 0.5) is 13.2 Å². The van der Waals surface area contributed by atoms with Crippen LogP contribution in [0, 0.1) is 0 Å². The molecule has 2 rings (SSSR count). The van der Waals surface area contributed by atoms with Gasteiger partial charge in [-0.05, 0) is 49.0 Å². The molecule has 3 nitrogen and oxygen atoms in total. The number of benzene rings is 2. The third-order valence-electron chi connectivity index (χ3n) is 4.03. The summed E-state index contributed by atoms with van der Waals surface area (Å²) in [4.78, 5) is 1.92. The number of hydrogen-bond acceptors (Lipinski definition) is 2. The van der Waals surface area contributed by atoms with E-state index in [-0.39, 0.29) is 6.10 Å². The largest absolute Gasteiger partial charge is 0.486 e. The van der Waals surface area contributed by atoms with Crippen LogP contribution in [-0.2, 0) is 6.18 Å². The summed E-state index contributed by atoms with van der Waals surface area (Å²) < 4.78 is 44.2. The lowest BCUT2D eigenvalue weighted by molar-refractivity contribution is -0.137. The van der Waals surface area contributed by atoms with E-state index in [1.807, 2.05) is 49.2 Å². The molecule has 7 heteroatoms. The minimum absolute atomic E-state index is 0.296. The van der Waals surface area contributed by atoms with Crippen molar-refractivity contribution in [2.24, 2.45) is 0 Å². The molecule has 146 valence electrons. The average molecular weight is 396 g/mol. The lowest BCUT2D eigenvalue weighted by atomic mass is 10.1. The van der Waals surface area contributed by atoms with Gasteiger partial charge >= 0.3 is 6.18 Å². The van der Waals surface area contributed by atoms with Crippen molar-refractivity contribution >= 4 is 17.3 Å². The van der Waals surface area contributed by atoms with Crippen molar-refractivity contribution in [2.75, 3.05) is 20.1 Å².